The van der Waals surface area contributed by atoms with E-state index in [1.807, 2.05) is 24.3 Å². The number of benzene rings is 2. The minimum atomic E-state index is -0.0619. The molecule has 0 saturated carbocycles. The summed E-state index contributed by atoms with van der Waals surface area (Å²) in [5.74, 6) is 0. The van der Waals surface area contributed by atoms with Crippen LogP contribution in [0.4, 0.5) is 0 Å². The fourth-order valence-corrected chi connectivity index (χ4v) is 2.77. The van der Waals surface area contributed by atoms with Crippen LogP contribution in [0, 0.1) is 0 Å². The lowest BCUT2D eigenvalue weighted by atomic mass is 9.96. The molecule has 1 nitrogen and oxygen atoms in total. The molecule has 2 aromatic rings. The summed E-state index contributed by atoms with van der Waals surface area (Å²) in [6, 6.07) is 14.4. The largest absolute Gasteiger partial charge is 0.320 e. The lowest BCUT2D eigenvalue weighted by Gasteiger charge is -2.14. The van der Waals surface area contributed by atoms with Gasteiger partial charge in [0.05, 0.1) is 6.04 Å². The van der Waals surface area contributed by atoms with Crippen LogP contribution in [0.3, 0.4) is 0 Å². The van der Waals surface area contributed by atoms with E-state index in [4.69, 9.17) is 17.3 Å². The van der Waals surface area contributed by atoms with Gasteiger partial charge in [-0.3, -0.25) is 0 Å². The molecule has 0 aromatic heterocycles. The molecule has 0 fully saturated rings. The van der Waals surface area contributed by atoms with Gasteiger partial charge < -0.3 is 5.73 Å². The van der Waals surface area contributed by atoms with Crippen molar-refractivity contribution in [2.45, 2.75) is 25.3 Å². The number of aryl methyl sites for hydroxylation is 2. The average molecular weight is 258 g/mol. The second-order valence-corrected chi connectivity index (χ2v) is 5.35. The number of hydrogen-bond donors (Lipinski definition) is 1. The fraction of sp³-hybridized carbons (Fsp3) is 0.250. The molecule has 1 atom stereocenters. The Morgan fingerprint density at radius 2 is 1.56 bits per heavy atom. The number of halogens is 1. The molecule has 1 aliphatic carbocycles. The van der Waals surface area contributed by atoms with Crippen molar-refractivity contribution in [3.63, 3.8) is 0 Å². The predicted octanol–water partition coefficient (Wildman–Crippen LogP) is 3.88. The maximum Gasteiger partial charge on any atom is 0.0551 e. The van der Waals surface area contributed by atoms with E-state index < -0.39 is 0 Å². The number of rotatable bonds is 2. The van der Waals surface area contributed by atoms with Gasteiger partial charge >= 0.3 is 0 Å². The van der Waals surface area contributed by atoms with Gasteiger partial charge in [-0.25, -0.2) is 0 Å². The van der Waals surface area contributed by atoms with E-state index in [9.17, 15) is 0 Å². The summed E-state index contributed by atoms with van der Waals surface area (Å²) in [5, 5.41) is 0.750. The third-order valence-corrected chi connectivity index (χ3v) is 3.96. The molecule has 2 N–H and O–H groups in total. The molecule has 0 amide bonds. The molecule has 0 saturated heterocycles. The summed E-state index contributed by atoms with van der Waals surface area (Å²) in [6.45, 7) is 0. The van der Waals surface area contributed by atoms with Gasteiger partial charge in [0, 0.05) is 5.02 Å². The summed E-state index contributed by atoms with van der Waals surface area (Å²) in [6.07, 6.45) is 3.68. The summed E-state index contributed by atoms with van der Waals surface area (Å²) < 4.78 is 0. The number of hydrogen-bond acceptors (Lipinski definition) is 1. The van der Waals surface area contributed by atoms with Gasteiger partial charge in [0.1, 0.15) is 0 Å². The Morgan fingerprint density at radius 3 is 2.33 bits per heavy atom. The molecule has 2 aromatic carbocycles. The highest BCUT2D eigenvalue weighted by atomic mass is 35.5. The molecule has 1 aliphatic rings. The molecule has 92 valence electrons. The highest BCUT2D eigenvalue weighted by molar-refractivity contribution is 6.30. The molecule has 0 spiro atoms. The Morgan fingerprint density at radius 1 is 0.889 bits per heavy atom. The van der Waals surface area contributed by atoms with E-state index in [1.165, 1.54) is 36.0 Å². The molecule has 1 unspecified atom stereocenters. The Kier molecular flexibility index (Phi) is 3.11. The highest BCUT2D eigenvalue weighted by Crippen LogP contribution is 2.27. The molecule has 0 aliphatic heterocycles. The highest BCUT2D eigenvalue weighted by Gasteiger charge is 2.14. The van der Waals surface area contributed by atoms with Crippen molar-refractivity contribution in [1.82, 2.24) is 0 Å². The molecule has 2 heteroatoms. The van der Waals surface area contributed by atoms with Gasteiger partial charge in [-0.2, -0.15) is 0 Å². The lowest BCUT2D eigenvalue weighted by molar-refractivity contribution is 0.867. The van der Waals surface area contributed by atoms with Crippen molar-refractivity contribution >= 4 is 11.6 Å². The summed E-state index contributed by atoms with van der Waals surface area (Å²) in [5.41, 5.74) is 11.6. The van der Waals surface area contributed by atoms with Crippen LogP contribution in [-0.2, 0) is 12.8 Å². The number of nitrogens with two attached hydrogens (primary N) is 1. The average Bonchev–Trinajstić information content (AvgIpc) is 2.86. The number of fused-ring (bicyclic) bond motifs is 1. The minimum absolute atomic E-state index is 0.0619. The molecule has 0 heterocycles. The van der Waals surface area contributed by atoms with E-state index >= 15 is 0 Å². The molecule has 18 heavy (non-hydrogen) atoms. The summed E-state index contributed by atoms with van der Waals surface area (Å²) >= 11 is 5.90. The zero-order valence-electron chi connectivity index (χ0n) is 10.2. The zero-order chi connectivity index (χ0) is 12.5. The van der Waals surface area contributed by atoms with Crippen LogP contribution < -0.4 is 5.73 Å². The monoisotopic (exact) mass is 257 g/mol. The van der Waals surface area contributed by atoms with E-state index in [-0.39, 0.29) is 6.04 Å². The molecule has 0 bridgehead atoms. The van der Waals surface area contributed by atoms with E-state index in [0.29, 0.717) is 0 Å². The molecular formula is C16H16ClN. The van der Waals surface area contributed by atoms with Crippen molar-refractivity contribution < 1.29 is 0 Å². The van der Waals surface area contributed by atoms with Crippen LogP contribution in [0.5, 0.6) is 0 Å². The third-order valence-electron chi connectivity index (χ3n) is 3.71. The maximum absolute atomic E-state index is 6.32. The van der Waals surface area contributed by atoms with Gasteiger partial charge in [0.2, 0.25) is 0 Å². The normalized spacial score (nSPS) is 15.4. The zero-order valence-corrected chi connectivity index (χ0v) is 11.0. The minimum Gasteiger partial charge on any atom is -0.320 e. The predicted molar refractivity (Wildman–Crippen MR) is 75.9 cm³/mol. The quantitative estimate of drug-likeness (QED) is 0.868. The van der Waals surface area contributed by atoms with Crippen LogP contribution in [0.1, 0.15) is 34.7 Å². The van der Waals surface area contributed by atoms with Crippen molar-refractivity contribution in [1.29, 1.82) is 0 Å². The topological polar surface area (TPSA) is 26.0 Å². The van der Waals surface area contributed by atoms with Crippen LogP contribution >= 0.6 is 11.6 Å². The first-order valence-corrected chi connectivity index (χ1v) is 6.74. The molecule has 3 rings (SSSR count). The van der Waals surface area contributed by atoms with Gasteiger partial charge in [-0.15, -0.1) is 0 Å². The first-order valence-electron chi connectivity index (χ1n) is 6.37. The smallest absolute Gasteiger partial charge is 0.0551 e. The van der Waals surface area contributed by atoms with Crippen LogP contribution in [0.2, 0.25) is 5.02 Å². The second kappa shape index (κ2) is 4.75. The first-order chi connectivity index (χ1) is 8.74. The van der Waals surface area contributed by atoms with Crippen molar-refractivity contribution in [2.24, 2.45) is 5.73 Å². The second-order valence-electron chi connectivity index (χ2n) is 4.91. The fourth-order valence-electron chi connectivity index (χ4n) is 2.65. The summed E-state index contributed by atoms with van der Waals surface area (Å²) in [7, 11) is 0. The van der Waals surface area contributed by atoms with Crippen molar-refractivity contribution in [3.05, 3.63) is 69.7 Å². The van der Waals surface area contributed by atoms with E-state index in [0.717, 1.165) is 10.6 Å². The maximum atomic E-state index is 6.32. The lowest BCUT2D eigenvalue weighted by Crippen LogP contribution is -2.12. The Bertz CT molecular complexity index is 560. The molecule has 0 radical (unpaired) electrons. The van der Waals surface area contributed by atoms with Crippen LogP contribution in [0.25, 0.3) is 0 Å². The Labute approximate surface area is 113 Å². The van der Waals surface area contributed by atoms with Crippen molar-refractivity contribution in [2.75, 3.05) is 0 Å². The van der Waals surface area contributed by atoms with E-state index in [2.05, 4.69) is 18.2 Å². The Balaban J connectivity index is 1.92. The van der Waals surface area contributed by atoms with Gasteiger partial charge in [0.15, 0.2) is 0 Å². The first kappa shape index (κ1) is 11.8. The van der Waals surface area contributed by atoms with Gasteiger partial charge in [-0.1, -0.05) is 41.9 Å². The van der Waals surface area contributed by atoms with Gasteiger partial charge in [-0.05, 0) is 53.6 Å². The van der Waals surface area contributed by atoms with Crippen molar-refractivity contribution in [3.8, 4) is 0 Å². The summed E-state index contributed by atoms with van der Waals surface area (Å²) in [4.78, 5) is 0. The molecular weight excluding hydrogens is 242 g/mol. The van der Waals surface area contributed by atoms with Crippen LogP contribution in [0.15, 0.2) is 42.5 Å². The standard InChI is InChI=1S/C16H16ClN/c17-15-8-6-12(7-9-15)16(18)14-5-4-11-2-1-3-13(11)10-14/h4-10,16H,1-3,18H2. The third kappa shape index (κ3) is 2.16. The SMILES string of the molecule is NC(c1ccc(Cl)cc1)c1ccc2c(c1)CCC2. The van der Waals surface area contributed by atoms with Crippen LogP contribution in [-0.4, -0.2) is 0 Å². The Hall–Kier alpha value is -1.31. The van der Waals surface area contributed by atoms with Gasteiger partial charge in [0.25, 0.3) is 0 Å². The van der Waals surface area contributed by atoms with E-state index in [1.54, 1.807) is 0 Å².